The van der Waals surface area contributed by atoms with Gasteiger partial charge < -0.3 is 9.64 Å². The summed E-state index contributed by atoms with van der Waals surface area (Å²) in [7, 11) is 0. The molecule has 1 N–H and O–H groups in total. The minimum absolute atomic E-state index is 0.0763. The van der Waals surface area contributed by atoms with Gasteiger partial charge in [0, 0.05) is 24.3 Å². The molecule has 2 amide bonds. The Bertz CT molecular complexity index is 953. The Morgan fingerprint density at radius 3 is 2.43 bits per heavy atom. The van der Waals surface area contributed by atoms with E-state index in [9.17, 15) is 14.0 Å². The summed E-state index contributed by atoms with van der Waals surface area (Å²) < 4.78 is 18.6. The molecule has 1 saturated heterocycles. The van der Waals surface area contributed by atoms with Crippen molar-refractivity contribution in [2.75, 3.05) is 18.4 Å². The normalized spacial score (nSPS) is 14.3. The first-order valence-corrected chi connectivity index (χ1v) is 10.0. The average molecular weight is 410 g/mol. The fraction of sp³-hybridized carbons (Fsp3) is 0.333. The largest absolute Gasteiger partial charge is 0.444 e. The third kappa shape index (κ3) is 6.17. The Labute approximate surface area is 176 Å². The molecular weight excluding hydrogens is 383 g/mol. The third-order valence-electron chi connectivity index (χ3n) is 4.67. The lowest BCUT2D eigenvalue weighted by Gasteiger charge is -2.29. The van der Waals surface area contributed by atoms with E-state index >= 15 is 0 Å². The summed E-state index contributed by atoms with van der Waals surface area (Å²) in [6.07, 6.45) is 2.93. The van der Waals surface area contributed by atoms with Gasteiger partial charge in [0.15, 0.2) is 0 Å². The summed E-state index contributed by atoms with van der Waals surface area (Å²) in [4.78, 5) is 26.6. The fourth-order valence-corrected chi connectivity index (χ4v) is 3.31. The molecule has 30 heavy (non-hydrogen) atoms. The van der Waals surface area contributed by atoms with Gasteiger partial charge in [-0.1, -0.05) is 29.8 Å². The molecule has 2 aromatic carbocycles. The highest BCUT2D eigenvalue weighted by Gasteiger charge is 2.21. The molecule has 1 aliphatic rings. The van der Waals surface area contributed by atoms with Crippen LogP contribution in [0.25, 0.3) is 6.08 Å². The number of nitrogens with zero attached hydrogens (tertiary/aromatic N) is 1. The summed E-state index contributed by atoms with van der Waals surface area (Å²) in [6.45, 7) is 6.58. The van der Waals surface area contributed by atoms with Crippen LogP contribution in [0.3, 0.4) is 0 Å². The summed E-state index contributed by atoms with van der Waals surface area (Å²) >= 11 is 0. The Morgan fingerprint density at radius 2 is 1.77 bits per heavy atom. The van der Waals surface area contributed by atoms with Gasteiger partial charge in [0.25, 0.3) is 5.91 Å². The van der Waals surface area contributed by atoms with Gasteiger partial charge in [0.1, 0.15) is 11.4 Å². The quantitative estimate of drug-likeness (QED) is 0.728. The van der Waals surface area contributed by atoms with Crippen LogP contribution >= 0.6 is 0 Å². The van der Waals surface area contributed by atoms with E-state index in [1.807, 2.05) is 12.1 Å². The summed E-state index contributed by atoms with van der Waals surface area (Å²) in [6, 6.07) is 13.3. The molecule has 0 bridgehead atoms. The van der Waals surface area contributed by atoms with Crippen molar-refractivity contribution >= 4 is 23.8 Å². The molecule has 5 nitrogen and oxygen atoms in total. The number of rotatable bonds is 3. The van der Waals surface area contributed by atoms with Crippen LogP contribution in [-0.2, 0) is 4.74 Å². The number of benzene rings is 2. The van der Waals surface area contributed by atoms with Crippen molar-refractivity contribution in [3.8, 4) is 0 Å². The smallest absolute Gasteiger partial charge is 0.412 e. The average Bonchev–Trinajstić information content (AvgIpc) is 2.67. The van der Waals surface area contributed by atoms with Crippen LogP contribution in [0, 0.1) is 5.82 Å². The molecule has 1 heterocycles. The Kier molecular flexibility index (Phi) is 6.55. The molecule has 0 radical (unpaired) electrons. The van der Waals surface area contributed by atoms with E-state index in [4.69, 9.17) is 4.74 Å². The highest BCUT2D eigenvalue weighted by Crippen LogP contribution is 2.22. The Hall–Kier alpha value is -3.15. The molecule has 0 atom stereocenters. The SMILES string of the molecule is CC(C)(C)OC(=O)Nc1cccc(C(=O)N2CCC(=Cc3cccc(F)c3)CC2)c1. The number of anilines is 1. The van der Waals surface area contributed by atoms with E-state index in [-0.39, 0.29) is 11.7 Å². The Morgan fingerprint density at radius 1 is 1.07 bits per heavy atom. The zero-order chi connectivity index (χ0) is 21.7. The lowest BCUT2D eigenvalue weighted by Crippen LogP contribution is -2.36. The van der Waals surface area contributed by atoms with Crippen molar-refractivity contribution in [3.05, 3.63) is 71.0 Å². The molecule has 158 valence electrons. The number of likely N-dealkylation sites (tertiary alicyclic amines) is 1. The standard InChI is InChI=1S/C24H27FN2O3/c1-24(2,3)30-23(29)26-21-9-5-7-19(16-21)22(28)27-12-10-17(11-13-27)14-18-6-4-8-20(25)15-18/h4-9,14-16H,10-13H2,1-3H3,(H,26,29). The van der Waals surface area contributed by atoms with Gasteiger partial charge in [0.05, 0.1) is 0 Å². The van der Waals surface area contributed by atoms with Crippen molar-refractivity contribution in [1.29, 1.82) is 0 Å². The van der Waals surface area contributed by atoms with Crippen molar-refractivity contribution < 1.29 is 18.7 Å². The van der Waals surface area contributed by atoms with E-state index in [1.165, 1.54) is 17.7 Å². The van der Waals surface area contributed by atoms with Crippen LogP contribution in [0.5, 0.6) is 0 Å². The number of carbonyl (C=O) groups is 2. The van der Waals surface area contributed by atoms with Crippen LogP contribution in [0.15, 0.2) is 54.1 Å². The zero-order valence-electron chi connectivity index (χ0n) is 17.6. The maximum Gasteiger partial charge on any atom is 0.412 e. The number of hydrogen-bond donors (Lipinski definition) is 1. The van der Waals surface area contributed by atoms with E-state index < -0.39 is 11.7 Å². The number of piperidine rings is 1. The fourth-order valence-electron chi connectivity index (χ4n) is 3.31. The zero-order valence-corrected chi connectivity index (χ0v) is 17.6. The summed E-state index contributed by atoms with van der Waals surface area (Å²) in [5.41, 5.74) is 2.47. The maximum absolute atomic E-state index is 13.4. The van der Waals surface area contributed by atoms with Gasteiger partial charge >= 0.3 is 6.09 Å². The molecule has 0 saturated carbocycles. The highest BCUT2D eigenvalue weighted by atomic mass is 19.1. The number of halogens is 1. The third-order valence-corrected chi connectivity index (χ3v) is 4.67. The van der Waals surface area contributed by atoms with Gasteiger partial charge in [-0.05, 0) is 69.5 Å². The van der Waals surface area contributed by atoms with Crippen molar-refractivity contribution in [3.63, 3.8) is 0 Å². The molecule has 3 rings (SSSR count). The number of hydrogen-bond acceptors (Lipinski definition) is 3. The molecule has 6 heteroatoms. The van der Waals surface area contributed by atoms with Gasteiger partial charge in [-0.25, -0.2) is 9.18 Å². The van der Waals surface area contributed by atoms with E-state index in [2.05, 4.69) is 5.32 Å². The number of carbonyl (C=O) groups excluding carboxylic acids is 2. The maximum atomic E-state index is 13.4. The second kappa shape index (κ2) is 9.11. The summed E-state index contributed by atoms with van der Waals surface area (Å²) in [5.74, 6) is -0.329. The molecule has 0 aliphatic carbocycles. The predicted molar refractivity (Wildman–Crippen MR) is 116 cm³/mol. The number of ether oxygens (including phenoxy) is 1. The first kappa shape index (κ1) is 21.6. The van der Waals surface area contributed by atoms with Crippen LogP contribution in [0.1, 0.15) is 49.5 Å². The van der Waals surface area contributed by atoms with Gasteiger partial charge in [-0.2, -0.15) is 0 Å². The second-order valence-corrected chi connectivity index (χ2v) is 8.36. The molecule has 1 fully saturated rings. The van der Waals surface area contributed by atoms with Crippen LogP contribution in [0.2, 0.25) is 0 Å². The lowest BCUT2D eigenvalue weighted by molar-refractivity contribution is 0.0634. The molecule has 0 aromatic heterocycles. The van der Waals surface area contributed by atoms with Crippen molar-refractivity contribution in [1.82, 2.24) is 4.90 Å². The number of nitrogens with one attached hydrogen (secondary N) is 1. The predicted octanol–water partition coefficient (Wildman–Crippen LogP) is 5.49. The highest BCUT2D eigenvalue weighted by molar-refractivity contribution is 5.96. The molecule has 1 aliphatic heterocycles. The van der Waals surface area contributed by atoms with Gasteiger partial charge in [-0.3, -0.25) is 10.1 Å². The van der Waals surface area contributed by atoms with E-state index in [0.29, 0.717) is 24.3 Å². The molecule has 0 unspecified atom stereocenters. The first-order valence-electron chi connectivity index (χ1n) is 10.0. The summed E-state index contributed by atoms with van der Waals surface area (Å²) in [5, 5.41) is 2.66. The van der Waals surface area contributed by atoms with Gasteiger partial charge in [-0.15, -0.1) is 0 Å². The Balaban J connectivity index is 1.60. The lowest BCUT2D eigenvalue weighted by atomic mass is 10.00. The van der Waals surface area contributed by atoms with Crippen molar-refractivity contribution in [2.24, 2.45) is 0 Å². The van der Waals surface area contributed by atoms with Crippen LogP contribution in [-0.4, -0.2) is 35.6 Å². The molecule has 2 aromatic rings. The first-order chi connectivity index (χ1) is 14.2. The minimum Gasteiger partial charge on any atom is -0.444 e. The minimum atomic E-state index is -0.595. The van der Waals surface area contributed by atoms with E-state index in [0.717, 1.165) is 18.4 Å². The van der Waals surface area contributed by atoms with Crippen LogP contribution < -0.4 is 5.32 Å². The van der Waals surface area contributed by atoms with Gasteiger partial charge in [0.2, 0.25) is 0 Å². The topological polar surface area (TPSA) is 58.6 Å². The van der Waals surface area contributed by atoms with Crippen molar-refractivity contribution in [2.45, 2.75) is 39.2 Å². The molecular formula is C24H27FN2O3. The second-order valence-electron chi connectivity index (χ2n) is 8.36. The number of amides is 2. The van der Waals surface area contributed by atoms with E-state index in [1.54, 1.807) is 56.0 Å². The monoisotopic (exact) mass is 410 g/mol. The molecule has 0 spiro atoms. The van der Waals surface area contributed by atoms with Crippen LogP contribution in [0.4, 0.5) is 14.9 Å².